The van der Waals surface area contributed by atoms with Crippen molar-refractivity contribution in [3.8, 4) is 0 Å². The lowest BCUT2D eigenvalue weighted by Crippen LogP contribution is -2.40. The molecule has 152 valence electrons. The first kappa shape index (κ1) is 21.7. The zero-order valence-electron chi connectivity index (χ0n) is 15.8. The van der Waals surface area contributed by atoms with Crippen LogP contribution in [0.4, 0.5) is 20.2 Å². The number of hydrogen-bond donors (Lipinski definition) is 2. The quantitative estimate of drug-likeness (QED) is 0.548. The number of anilines is 1. The summed E-state index contributed by atoms with van der Waals surface area (Å²) in [6.07, 6.45) is 0. The Morgan fingerprint density at radius 1 is 1.07 bits per heavy atom. The number of nitrogens with zero attached hydrogens (tertiary/aromatic N) is 1. The van der Waals surface area contributed by atoms with E-state index < -0.39 is 43.8 Å². The first-order chi connectivity index (χ1) is 12.8. The number of benzene rings is 2. The molecule has 0 saturated carbocycles. The maximum absolute atomic E-state index is 13.4. The molecule has 28 heavy (non-hydrogen) atoms. The summed E-state index contributed by atoms with van der Waals surface area (Å²) in [6.45, 7) is 6.57. The van der Waals surface area contributed by atoms with Gasteiger partial charge in [-0.15, -0.1) is 0 Å². The number of nitrogens with one attached hydrogen (secondary N) is 2. The summed E-state index contributed by atoms with van der Waals surface area (Å²) < 4.78 is 53.8. The number of nitro groups is 1. The van der Waals surface area contributed by atoms with Crippen molar-refractivity contribution in [2.24, 2.45) is 0 Å². The van der Waals surface area contributed by atoms with E-state index in [1.807, 2.05) is 0 Å². The smallest absolute Gasteiger partial charge is 0.293 e. The molecule has 0 radical (unpaired) electrons. The summed E-state index contributed by atoms with van der Waals surface area (Å²) in [7, 11) is -3.96. The molecule has 0 fully saturated rings. The molecule has 1 atom stereocenters. The van der Waals surface area contributed by atoms with Gasteiger partial charge in [-0.1, -0.05) is 6.07 Å². The SMILES string of the molecule is C[C@@H](Nc1ccc(S(=O)(=O)NC(C)(C)C)cc1[N+](=O)[O-])c1ccc(F)c(F)c1. The van der Waals surface area contributed by atoms with E-state index >= 15 is 0 Å². The Morgan fingerprint density at radius 3 is 2.25 bits per heavy atom. The van der Waals surface area contributed by atoms with Gasteiger partial charge in [0.2, 0.25) is 10.0 Å². The van der Waals surface area contributed by atoms with Crippen molar-refractivity contribution in [3.05, 3.63) is 63.7 Å². The standard InChI is InChI=1S/C18H21F2N3O4S/c1-11(12-5-7-14(19)15(20)9-12)21-16-8-6-13(10-17(16)23(24)25)28(26,27)22-18(2,3)4/h5-11,21-22H,1-4H3/t11-/m1/s1. The van der Waals surface area contributed by atoms with Gasteiger partial charge in [0, 0.05) is 17.6 Å². The van der Waals surface area contributed by atoms with Crippen LogP contribution in [0.2, 0.25) is 0 Å². The molecule has 0 spiro atoms. The molecule has 0 heterocycles. The number of hydrogen-bond acceptors (Lipinski definition) is 5. The summed E-state index contributed by atoms with van der Waals surface area (Å²) >= 11 is 0. The maximum atomic E-state index is 13.4. The fraction of sp³-hybridized carbons (Fsp3) is 0.333. The van der Waals surface area contributed by atoms with E-state index in [0.717, 1.165) is 18.2 Å². The lowest BCUT2D eigenvalue weighted by Gasteiger charge is -2.21. The van der Waals surface area contributed by atoms with Crippen LogP contribution in [0.3, 0.4) is 0 Å². The molecule has 0 aliphatic carbocycles. The van der Waals surface area contributed by atoms with Gasteiger partial charge < -0.3 is 5.32 Å². The van der Waals surface area contributed by atoms with Crippen molar-refractivity contribution in [1.29, 1.82) is 0 Å². The molecule has 0 aliphatic heterocycles. The normalized spacial score (nSPS) is 13.2. The molecular formula is C18H21F2N3O4S. The van der Waals surface area contributed by atoms with E-state index in [1.165, 1.54) is 18.2 Å². The lowest BCUT2D eigenvalue weighted by molar-refractivity contribution is -0.384. The van der Waals surface area contributed by atoms with E-state index in [-0.39, 0.29) is 10.6 Å². The average molecular weight is 413 g/mol. The Labute approximate surface area is 162 Å². The van der Waals surface area contributed by atoms with E-state index in [9.17, 15) is 27.3 Å². The highest BCUT2D eigenvalue weighted by atomic mass is 32.2. The molecule has 7 nitrogen and oxygen atoms in total. The van der Waals surface area contributed by atoms with E-state index in [2.05, 4.69) is 10.0 Å². The first-order valence-electron chi connectivity index (χ1n) is 8.34. The summed E-state index contributed by atoms with van der Waals surface area (Å²) in [5, 5.41) is 14.3. The number of halogens is 2. The van der Waals surface area contributed by atoms with Crippen LogP contribution in [0.15, 0.2) is 41.3 Å². The van der Waals surface area contributed by atoms with Crippen LogP contribution in [0.5, 0.6) is 0 Å². The highest BCUT2D eigenvalue weighted by molar-refractivity contribution is 7.89. The van der Waals surface area contributed by atoms with Crippen molar-refractivity contribution in [3.63, 3.8) is 0 Å². The Hall–Kier alpha value is -2.59. The van der Waals surface area contributed by atoms with Gasteiger partial charge in [-0.3, -0.25) is 10.1 Å². The minimum Gasteiger partial charge on any atom is -0.373 e. The van der Waals surface area contributed by atoms with Crippen molar-refractivity contribution in [1.82, 2.24) is 4.72 Å². The van der Waals surface area contributed by atoms with E-state index in [0.29, 0.717) is 5.56 Å². The van der Waals surface area contributed by atoms with Gasteiger partial charge in [-0.25, -0.2) is 21.9 Å². The fourth-order valence-electron chi connectivity index (χ4n) is 2.51. The minimum absolute atomic E-state index is 0.0527. The summed E-state index contributed by atoms with van der Waals surface area (Å²) in [6, 6.07) is 6.18. The summed E-state index contributed by atoms with van der Waals surface area (Å²) in [5.41, 5.74) is -0.784. The lowest BCUT2D eigenvalue weighted by atomic mass is 10.1. The second kappa shape index (κ2) is 7.80. The maximum Gasteiger partial charge on any atom is 0.293 e. The number of rotatable bonds is 6. The monoisotopic (exact) mass is 413 g/mol. The third kappa shape index (κ3) is 5.23. The minimum atomic E-state index is -3.96. The van der Waals surface area contributed by atoms with E-state index in [1.54, 1.807) is 27.7 Å². The van der Waals surface area contributed by atoms with Crippen molar-refractivity contribution >= 4 is 21.4 Å². The molecule has 2 rings (SSSR count). The zero-order valence-corrected chi connectivity index (χ0v) is 16.6. The summed E-state index contributed by atoms with van der Waals surface area (Å²) in [5.74, 6) is -2.03. The average Bonchev–Trinajstić information content (AvgIpc) is 2.55. The topological polar surface area (TPSA) is 101 Å². The Balaban J connectivity index is 2.37. The molecule has 0 amide bonds. The molecule has 0 unspecified atom stereocenters. The van der Waals surface area contributed by atoms with Crippen LogP contribution in [0.25, 0.3) is 0 Å². The second-order valence-electron chi connectivity index (χ2n) is 7.33. The molecule has 0 aromatic heterocycles. The Morgan fingerprint density at radius 2 is 1.71 bits per heavy atom. The van der Waals surface area contributed by atoms with Gasteiger partial charge >= 0.3 is 0 Å². The van der Waals surface area contributed by atoms with Gasteiger partial charge in [0.15, 0.2) is 11.6 Å². The number of sulfonamides is 1. The Bertz CT molecular complexity index is 1000. The van der Waals surface area contributed by atoms with Crippen LogP contribution in [0, 0.1) is 21.7 Å². The Kier molecular flexibility index (Phi) is 6.05. The van der Waals surface area contributed by atoms with Crippen LogP contribution in [-0.4, -0.2) is 18.9 Å². The van der Waals surface area contributed by atoms with Crippen LogP contribution >= 0.6 is 0 Å². The van der Waals surface area contributed by atoms with Crippen LogP contribution < -0.4 is 10.0 Å². The molecule has 0 bridgehead atoms. The van der Waals surface area contributed by atoms with Crippen LogP contribution in [0.1, 0.15) is 39.3 Å². The highest BCUT2D eigenvalue weighted by Crippen LogP contribution is 2.31. The fourth-order valence-corrected chi connectivity index (χ4v) is 3.95. The summed E-state index contributed by atoms with van der Waals surface area (Å²) in [4.78, 5) is 10.5. The van der Waals surface area contributed by atoms with Gasteiger partial charge in [-0.2, -0.15) is 0 Å². The second-order valence-corrected chi connectivity index (χ2v) is 9.01. The molecule has 2 aromatic rings. The van der Waals surface area contributed by atoms with Gasteiger partial charge in [-0.05, 0) is 57.5 Å². The molecule has 0 saturated heterocycles. The molecule has 2 N–H and O–H groups in total. The van der Waals surface area contributed by atoms with Crippen molar-refractivity contribution < 1.29 is 22.1 Å². The van der Waals surface area contributed by atoms with Crippen molar-refractivity contribution in [2.45, 2.75) is 44.2 Å². The molecule has 2 aromatic carbocycles. The first-order valence-corrected chi connectivity index (χ1v) is 9.82. The zero-order chi connectivity index (χ0) is 21.3. The molecular weight excluding hydrogens is 392 g/mol. The largest absolute Gasteiger partial charge is 0.373 e. The van der Waals surface area contributed by atoms with Gasteiger partial charge in [0.1, 0.15) is 5.69 Å². The van der Waals surface area contributed by atoms with E-state index in [4.69, 9.17) is 0 Å². The highest BCUT2D eigenvalue weighted by Gasteiger charge is 2.26. The van der Waals surface area contributed by atoms with Gasteiger partial charge in [0.05, 0.1) is 9.82 Å². The molecule has 10 heteroatoms. The molecule has 0 aliphatic rings. The third-order valence-electron chi connectivity index (χ3n) is 3.73. The van der Waals surface area contributed by atoms with Gasteiger partial charge in [0.25, 0.3) is 5.69 Å². The number of nitro benzene ring substituents is 1. The van der Waals surface area contributed by atoms with Crippen LogP contribution in [-0.2, 0) is 10.0 Å². The predicted octanol–water partition coefficient (Wildman–Crippen LogP) is 4.12. The predicted molar refractivity (Wildman–Crippen MR) is 102 cm³/mol. The third-order valence-corrected chi connectivity index (χ3v) is 5.49. The van der Waals surface area contributed by atoms with Crippen molar-refractivity contribution in [2.75, 3.05) is 5.32 Å².